The summed E-state index contributed by atoms with van der Waals surface area (Å²) in [4.78, 5) is 4.70. The maximum atomic E-state index is 4.70. The van der Waals surface area contributed by atoms with Crippen molar-refractivity contribution in [2.75, 3.05) is 6.73 Å². The zero-order valence-electron chi connectivity index (χ0n) is 5.14. The number of nitrogens with one attached hydrogen (secondary N) is 1. The van der Waals surface area contributed by atoms with E-state index in [4.69, 9.17) is 4.84 Å². The van der Waals surface area contributed by atoms with Crippen LogP contribution >= 0.6 is 0 Å². The Labute approximate surface area is 48.7 Å². The van der Waals surface area contributed by atoms with Crippen molar-refractivity contribution in [2.24, 2.45) is 11.1 Å². The van der Waals surface area contributed by atoms with Crippen LogP contribution in [0.25, 0.3) is 0 Å². The topological polar surface area (TPSA) is 33.6 Å². The largest absolute Gasteiger partial charge is 0.372 e. The molecule has 0 aromatic heterocycles. The van der Waals surface area contributed by atoms with Gasteiger partial charge in [-0.15, -0.1) is 0 Å². The van der Waals surface area contributed by atoms with Gasteiger partial charge in [0.2, 0.25) is 0 Å². The van der Waals surface area contributed by atoms with Crippen molar-refractivity contribution < 1.29 is 4.84 Å². The molecule has 0 radical (unpaired) electrons. The molecular weight excluding hydrogens is 104 g/mol. The molecule has 0 spiro atoms. The minimum absolute atomic E-state index is 0.456. The molecule has 0 saturated heterocycles. The van der Waals surface area contributed by atoms with Gasteiger partial charge in [-0.2, -0.15) is 0 Å². The van der Waals surface area contributed by atoms with Crippen LogP contribution in [0.5, 0.6) is 0 Å². The highest BCUT2D eigenvalue weighted by atomic mass is 16.6. The van der Waals surface area contributed by atoms with Gasteiger partial charge in [0.05, 0.1) is 0 Å². The van der Waals surface area contributed by atoms with Crippen molar-refractivity contribution in [3.05, 3.63) is 0 Å². The summed E-state index contributed by atoms with van der Waals surface area (Å²) in [7, 11) is 0. The molecular formula is C5H10N2O. The molecule has 0 saturated carbocycles. The van der Waals surface area contributed by atoms with Gasteiger partial charge in [-0.25, -0.2) is 0 Å². The van der Waals surface area contributed by atoms with E-state index >= 15 is 0 Å². The lowest BCUT2D eigenvalue weighted by atomic mass is 10.2. The first-order valence-corrected chi connectivity index (χ1v) is 2.74. The van der Waals surface area contributed by atoms with Gasteiger partial charge < -0.3 is 10.2 Å². The van der Waals surface area contributed by atoms with Crippen molar-refractivity contribution in [2.45, 2.75) is 13.8 Å². The molecule has 0 fully saturated rings. The Kier molecular flexibility index (Phi) is 1.37. The molecule has 0 aromatic rings. The fourth-order valence-electron chi connectivity index (χ4n) is 0.550. The van der Waals surface area contributed by atoms with Crippen LogP contribution in [0.4, 0.5) is 0 Å². The number of oxime groups is 1. The SMILES string of the molecule is CC(C)C1=NOCN1. The molecule has 3 heteroatoms. The van der Waals surface area contributed by atoms with E-state index in [1.165, 1.54) is 0 Å². The zero-order valence-corrected chi connectivity index (χ0v) is 5.14. The van der Waals surface area contributed by atoms with Crippen LogP contribution in [0.2, 0.25) is 0 Å². The fourth-order valence-corrected chi connectivity index (χ4v) is 0.550. The Morgan fingerprint density at radius 3 is 2.75 bits per heavy atom. The summed E-state index contributed by atoms with van der Waals surface area (Å²) < 4.78 is 0. The van der Waals surface area contributed by atoms with Gasteiger partial charge in [0.1, 0.15) is 5.84 Å². The highest BCUT2D eigenvalue weighted by Gasteiger charge is 2.08. The fraction of sp³-hybridized carbons (Fsp3) is 0.800. The van der Waals surface area contributed by atoms with Crippen LogP contribution in [0, 0.1) is 5.92 Å². The summed E-state index contributed by atoms with van der Waals surface area (Å²) >= 11 is 0. The minimum Gasteiger partial charge on any atom is -0.372 e. The molecule has 0 aliphatic carbocycles. The summed E-state index contributed by atoms with van der Waals surface area (Å²) in [5.41, 5.74) is 0. The second kappa shape index (κ2) is 2.03. The Bertz CT molecular complexity index is 109. The molecule has 0 bridgehead atoms. The lowest BCUT2D eigenvalue weighted by Gasteiger charge is -1.99. The van der Waals surface area contributed by atoms with Crippen LogP contribution < -0.4 is 5.32 Å². The van der Waals surface area contributed by atoms with E-state index in [1.54, 1.807) is 0 Å². The summed E-state index contributed by atoms with van der Waals surface area (Å²) in [6.07, 6.45) is 0. The number of amidine groups is 1. The first-order chi connectivity index (χ1) is 3.80. The van der Waals surface area contributed by atoms with E-state index in [-0.39, 0.29) is 0 Å². The zero-order chi connectivity index (χ0) is 5.98. The maximum absolute atomic E-state index is 4.70. The molecule has 3 nitrogen and oxygen atoms in total. The van der Waals surface area contributed by atoms with Gasteiger partial charge in [0, 0.05) is 5.92 Å². The lowest BCUT2D eigenvalue weighted by molar-refractivity contribution is 0.164. The average molecular weight is 114 g/mol. The molecule has 0 atom stereocenters. The third-order valence-corrected chi connectivity index (χ3v) is 1.03. The van der Waals surface area contributed by atoms with E-state index in [0.29, 0.717) is 12.6 Å². The second-order valence-corrected chi connectivity index (χ2v) is 2.08. The van der Waals surface area contributed by atoms with Gasteiger partial charge in [0.15, 0.2) is 6.73 Å². The second-order valence-electron chi connectivity index (χ2n) is 2.08. The van der Waals surface area contributed by atoms with E-state index < -0.39 is 0 Å². The molecule has 0 aromatic carbocycles. The van der Waals surface area contributed by atoms with E-state index in [2.05, 4.69) is 24.3 Å². The lowest BCUT2D eigenvalue weighted by Crippen LogP contribution is -2.22. The predicted molar refractivity (Wildman–Crippen MR) is 31.4 cm³/mol. The number of hydrogen-bond acceptors (Lipinski definition) is 3. The highest BCUT2D eigenvalue weighted by Crippen LogP contribution is 1.98. The molecule has 0 unspecified atom stereocenters. The number of hydrogen-bond donors (Lipinski definition) is 1. The van der Waals surface area contributed by atoms with Crippen molar-refractivity contribution >= 4 is 5.84 Å². The Hall–Kier alpha value is -0.730. The van der Waals surface area contributed by atoms with Crippen molar-refractivity contribution in [3.63, 3.8) is 0 Å². The molecule has 46 valence electrons. The minimum atomic E-state index is 0.456. The van der Waals surface area contributed by atoms with Crippen LogP contribution in [0.1, 0.15) is 13.8 Å². The summed E-state index contributed by atoms with van der Waals surface area (Å²) in [5.74, 6) is 1.41. The van der Waals surface area contributed by atoms with Gasteiger partial charge in [-0.3, -0.25) is 0 Å². The Morgan fingerprint density at radius 1 is 1.75 bits per heavy atom. The predicted octanol–water partition coefficient (Wildman–Crippen LogP) is 0.533. The van der Waals surface area contributed by atoms with Gasteiger partial charge in [-0.1, -0.05) is 19.0 Å². The van der Waals surface area contributed by atoms with Crippen LogP contribution in [0.3, 0.4) is 0 Å². The smallest absolute Gasteiger partial charge is 0.188 e. The first-order valence-electron chi connectivity index (χ1n) is 2.74. The van der Waals surface area contributed by atoms with Crippen molar-refractivity contribution in [3.8, 4) is 0 Å². The van der Waals surface area contributed by atoms with Gasteiger partial charge >= 0.3 is 0 Å². The monoisotopic (exact) mass is 114 g/mol. The maximum Gasteiger partial charge on any atom is 0.188 e. The van der Waals surface area contributed by atoms with E-state index in [1.807, 2.05) is 0 Å². The third-order valence-electron chi connectivity index (χ3n) is 1.03. The highest BCUT2D eigenvalue weighted by molar-refractivity contribution is 5.83. The molecule has 1 rings (SSSR count). The first kappa shape index (κ1) is 5.41. The van der Waals surface area contributed by atoms with Crippen LogP contribution in [-0.4, -0.2) is 12.6 Å². The van der Waals surface area contributed by atoms with E-state index in [9.17, 15) is 0 Å². The van der Waals surface area contributed by atoms with Crippen molar-refractivity contribution in [1.82, 2.24) is 5.32 Å². The standard InChI is InChI=1S/C5H10N2O/c1-4(2)5-6-3-8-7-5/h4H,3H2,1-2H3,(H,6,7). The summed E-state index contributed by atoms with van der Waals surface area (Å²) in [6, 6.07) is 0. The molecule has 1 aliphatic heterocycles. The molecule has 1 heterocycles. The van der Waals surface area contributed by atoms with Crippen LogP contribution in [-0.2, 0) is 4.84 Å². The quantitative estimate of drug-likeness (QED) is 0.539. The van der Waals surface area contributed by atoms with Gasteiger partial charge in [-0.05, 0) is 0 Å². The third kappa shape index (κ3) is 0.911. The van der Waals surface area contributed by atoms with Crippen molar-refractivity contribution in [1.29, 1.82) is 0 Å². The van der Waals surface area contributed by atoms with Gasteiger partial charge in [0.25, 0.3) is 0 Å². The summed E-state index contributed by atoms with van der Waals surface area (Å²) in [6.45, 7) is 4.68. The number of rotatable bonds is 1. The normalized spacial score (nSPS) is 17.6. The molecule has 1 aliphatic rings. The Balaban J connectivity index is 2.45. The average Bonchev–Trinajstić information content (AvgIpc) is 2.12. The summed E-state index contributed by atoms with van der Waals surface area (Å²) in [5, 5.41) is 6.72. The number of nitrogens with zero attached hydrogens (tertiary/aromatic N) is 1. The van der Waals surface area contributed by atoms with Crippen LogP contribution in [0.15, 0.2) is 5.16 Å². The molecule has 8 heavy (non-hydrogen) atoms. The van der Waals surface area contributed by atoms with E-state index in [0.717, 1.165) is 5.84 Å². The molecule has 1 N–H and O–H groups in total. The molecule has 0 amide bonds. The Morgan fingerprint density at radius 2 is 2.50 bits per heavy atom.